The number of furan rings is 1. The highest BCUT2D eigenvalue weighted by atomic mass is 16.3. The van der Waals surface area contributed by atoms with Crippen LogP contribution in [0.1, 0.15) is 12.8 Å². The third-order valence-electron chi connectivity index (χ3n) is 8.81. The Morgan fingerprint density at radius 3 is 2.33 bits per heavy atom. The second-order valence-electron chi connectivity index (χ2n) is 10.8. The molecular weight excluding hydrogens is 476 g/mol. The number of fused-ring (bicyclic) bond motifs is 8. The van der Waals surface area contributed by atoms with Gasteiger partial charge >= 0.3 is 0 Å². The number of allylic oxidation sites excluding steroid dienone is 4. The summed E-state index contributed by atoms with van der Waals surface area (Å²) in [6.07, 6.45) is 16.1. The number of rotatable bonds is 2. The maximum absolute atomic E-state index is 6.65. The van der Waals surface area contributed by atoms with Gasteiger partial charge in [-0.3, -0.25) is 0 Å². The van der Waals surface area contributed by atoms with Crippen molar-refractivity contribution < 1.29 is 4.42 Å². The molecule has 0 amide bonds. The molecule has 3 heteroatoms. The van der Waals surface area contributed by atoms with Crippen LogP contribution in [-0.4, -0.2) is 10.6 Å². The molecule has 0 fully saturated rings. The summed E-state index contributed by atoms with van der Waals surface area (Å²) in [6, 6.07) is 30.9. The zero-order chi connectivity index (χ0) is 25.5. The van der Waals surface area contributed by atoms with Crippen molar-refractivity contribution in [3.05, 3.63) is 133 Å². The maximum Gasteiger partial charge on any atom is 0.159 e. The molecular formula is C36H26N2O. The van der Waals surface area contributed by atoms with E-state index in [9.17, 15) is 0 Å². The van der Waals surface area contributed by atoms with Gasteiger partial charge in [-0.05, 0) is 60.9 Å². The standard InChI is InChI=1S/C36H26N2O/c1-5-15-30-24(10-1)25-11-2-6-16-31(25)37(30)23-20-21-35-29(22-23)28-14-9-19-34(36(28)39-35)38-32-17-7-3-12-26(32)27-13-4-8-18-33(27)38/h1,3-10,12-22,24,30H,2,11H2. The first-order chi connectivity index (χ1) is 19.4. The van der Waals surface area contributed by atoms with Crippen LogP contribution in [-0.2, 0) is 0 Å². The lowest BCUT2D eigenvalue weighted by molar-refractivity contribution is 0.657. The van der Waals surface area contributed by atoms with Crippen molar-refractivity contribution in [2.75, 3.05) is 4.90 Å². The molecule has 3 heterocycles. The average Bonchev–Trinajstić information content (AvgIpc) is 3.65. The van der Waals surface area contributed by atoms with Gasteiger partial charge in [-0.15, -0.1) is 0 Å². The van der Waals surface area contributed by atoms with Gasteiger partial charge in [0.1, 0.15) is 5.58 Å². The summed E-state index contributed by atoms with van der Waals surface area (Å²) in [4.78, 5) is 2.53. The normalized spacial score (nSPS) is 20.2. The Kier molecular flexibility index (Phi) is 4.28. The van der Waals surface area contributed by atoms with Crippen LogP contribution in [0.2, 0.25) is 0 Å². The summed E-state index contributed by atoms with van der Waals surface area (Å²) >= 11 is 0. The molecule has 0 saturated heterocycles. The molecule has 2 aliphatic carbocycles. The molecule has 39 heavy (non-hydrogen) atoms. The number of nitrogens with zero attached hydrogens (tertiary/aromatic N) is 2. The van der Waals surface area contributed by atoms with Crippen LogP contribution < -0.4 is 4.90 Å². The van der Waals surface area contributed by atoms with Crippen molar-refractivity contribution in [1.82, 2.24) is 4.57 Å². The minimum Gasteiger partial charge on any atom is -0.454 e. The lowest BCUT2D eigenvalue weighted by Crippen LogP contribution is -2.32. The first kappa shape index (κ1) is 21.2. The molecule has 3 nitrogen and oxygen atoms in total. The summed E-state index contributed by atoms with van der Waals surface area (Å²) in [5.41, 5.74) is 9.45. The molecule has 0 saturated carbocycles. The molecule has 4 aromatic carbocycles. The maximum atomic E-state index is 6.65. The van der Waals surface area contributed by atoms with E-state index >= 15 is 0 Å². The van der Waals surface area contributed by atoms with Gasteiger partial charge in [0.25, 0.3) is 0 Å². The van der Waals surface area contributed by atoms with Gasteiger partial charge < -0.3 is 13.9 Å². The molecule has 186 valence electrons. The molecule has 0 N–H and O–H groups in total. The van der Waals surface area contributed by atoms with Crippen LogP contribution in [0.4, 0.5) is 5.69 Å². The van der Waals surface area contributed by atoms with Crippen molar-refractivity contribution >= 4 is 49.4 Å². The molecule has 2 unspecified atom stereocenters. The number of hydrogen-bond acceptors (Lipinski definition) is 2. The summed E-state index contributed by atoms with van der Waals surface area (Å²) in [5.74, 6) is 0.452. The fourth-order valence-electron chi connectivity index (χ4n) is 7.16. The van der Waals surface area contributed by atoms with E-state index in [0.717, 1.165) is 40.5 Å². The highest BCUT2D eigenvalue weighted by molar-refractivity contribution is 6.13. The minimum atomic E-state index is 0.325. The zero-order valence-electron chi connectivity index (χ0n) is 21.4. The first-order valence-corrected chi connectivity index (χ1v) is 13.8. The van der Waals surface area contributed by atoms with Crippen molar-refractivity contribution in [2.45, 2.75) is 18.9 Å². The molecule has 1 aliphatic heterocycles. The Hall–Kier alpha value is -4.76. The quantitative estimate of drug-likeness (QED) is 0.235. The van der Waals surface area contributed by atoms with E-state index < -0.39 is 0 Å². The highest BCUT2D eigenvalue weighted by Gasteiger charge is 2.39. The van der Waals surface area contributed by atoms with Crippen LogP contribution in [0.5, 0.6) is 0 Å². The molecule has 0 radical (unpaired) electrons. The minimum absolute atomic E-state index is 0.325. The monoisotopic (exact) mass is 502 g/mol. The highest BCUT2D eigenvalue weighted by Crippen LogP contribution is 2.46. The largest absolute Gasteiger partial charge is 0.454 e. The van der Waals surface area contributed by atoms with Crippen LogP contribution in [0.25, 0.3) is 49.4 Å². The second-order valence-corrected chi connectivity index (χ2v) is 10.8. The molecule has 3 aliphatic rings. The third-order valence-corrected chi connectivity index (χ3v) is 8.81. The van der Waals surface area contributed by atoms with Gasteiger partial charge in [0.2, 0.25) is 0 Å². The van der Waals surface area contributed by atoms with E-state index in [4.69, 9.17) is 4.42 Å². The third kappa shape index (κ3) is 2.87. The molecule has 6 aromatic rings. The predicted molar refractivity (Wildman–Crippen MR) is 161 cm³/mol. The van der Waals surface area contributed by atoms with Gasteiger partial charge in [-0.1, -0.05) is 78.9 Å². The molecule has 2 aromatic heterocycles. The number of anilines is 1. The lowest BCUT2D eigenvalue weighted by Gasteiger charge is -2.30. The van der Waals surface area contributed by atoms with Crippen molar-refractivity contribution in [3.63, 3.8) is 0 Å². The summed E-state index contributed by atoms with van der Waals surface area (Å²) < 4.78 is 9.00. The predicted octanol–water partition coefficient (Wildman–Crippen LogP) is 9.22. The number of hydrogen-bond donors (Lipinski definition) is 0. The Labute approximate surface area is 226 Å². The fourth-order valence-corrected chi connectivity index (χ4v) is 7.16. The summed E-state index contributed by atoms with van der Waals surface area (Å²) in [7, 11) is 0. The van der Waals surface area contributed by atoms with E-state index in [1.807, 2.05) is 0 Å². The Bertz CT molecular complexity index is 2040. The SMILES string of the molecule is C1=CC2C3=C(C=CCC3)N(c3ccc4oc5c(-n6c7ccccc7c7ccccc76)cccc5c4c3)C2C=C1. The van der Waals surface area contributed by atoms with Gasteiger partial charge in [0, 0.05) is 38.8 Å². The molecule has 0 spiro atoms. The molecule has 9 rings (SSSR count). The lowest BCUT2D eigenvalue weighted by atomic mass is 9.87. The number of para-hydroxylation sites is 3. The van der Waals surface area contributed by atoms with E-state index in [-0.39, 0.29) is 0 Å². The molecule has 2 atom stereocenters. The zero-order valence-corrected chi connectivity index (χ0v) is 21.4. The first-order valence-electron chi connectivity index (χ1n) is 13.8. The molecule has 0 bridgehead atoms. The van der Waals surface area contributed by atoms with E-state index in [1.54, 1.807) is 5.57 Å². The number of benzene rings is 4. The van der Waals surface area contributed by atoms with Crippen LogP contribution in [0.15, 0.2) is 137 Å². The van der Waals surface area contributed by atoms with Gasteiger partial charge in [0.05, 0.1) is 22.8 Å². The average molecular weight is 503 g/mol. The van der Waals surface area contributed by atoms with E-state index in [0.29, 0.717) is 12.0 Å². The fraction of sp³-hybridized carbons (Fsp3) is 0.111. The Morgan fingerprint density at radius 1 is 0.718 bits per heavy atom. The van der Waals surface area contributed by atoms with Crippen molar-refractivity contribution in [2.24, 2.45) is 5.92 Å². The summed E-state index contributed by atoms with van der Waals surface area (Å²) in [6.45, 7) is 0. The summed E-state index contributed by atoms with van der Waals surface area (Å²) in [5, 5.41) is 4.82. The van der Waals surface area contributed by atoms with Crippen molar-refractivity contribution in [3.8, 4) is 5.69 Å². The van der Waals surface area contributed by atoms with E-state index in [1.165, 1.54) is 33.2 Å². The number of aromatic nitrogens is 1. The van der Waals surface area contributed by atoms with Crippen LogP contribution >= 0.6 is 0 Å². The van der Waals surface area contributed by atoms with Gasteiger partial charge in [0.15, 0.2) is 5.58 Å². The van der Waals surface area contributed by atoms with Crippen LogP contribution in [0, 0.1) is 5.92 Å². The van der Waals surface area contributed by atoms with Crippen LogP contribution in [0.3, 0.4) is 0 Å². The van der Waals surface area contributed by atoms with Crippen molar-refractivity contribution in [1.29, 1.82) is 0 Å². The Morgan fingerprint density at radius 2 is 1.49 bits per heavy atom. The second kappa shape index (κ2) is 7.87. The Balaban J connectivity index is 1.27. The van der Waals surface area contributed by atoms with E-state index in [2.05, 4.69) is 131 Å². The van der Waals surface area contributed by atoms with Gasteiger partial charge in [-0.2, -0.15) is 0 Å². The smallest absolute Gasteiger partial charge is 0.159 e. The van der Waals surface area contributed by atoms with Gasteiger partial charge in [-0.25, -0.2) is 0 Å². The topological polar surface area (TPSA) is 21.3 Å².